The highest BCUT2D eigenvalue weighted by Gasteiger charge is 2.06. The van der Waals surface area contributed by atoms with E-state index in [1.807, 2.05) is 30.5 Å². The van der Waals surface area contributed by atoms with Crippen LogP contribution in [0.5, 0.6) is 0 Å². The number of halogens is 1. The first kappa shape index (κ1) is 16.2. The fourth-order valence-corrected chi connectivity index (χ4v) is 3.81. The summed E-state index contributed by atoms with van der Waals surface area (Å²) in [5.74, 6) is 0.732. The van der Waals surface area contributed by atoms with E-state index in [2.05, 4.69) is 25.6 Å². The Balaban J connectivity index is 1.58. The lowest BCUT2D eigenvalue weighted by Gasteiger charge is -2.09. The van der Waals surface area contributed by atoms with Crippen molar-refractivity contribution in [2.45, 2.75) is 20.0 Å². The highest BCUT2D eigenvalue weighted by molar-refractivity contribution is 7.18. The molecule has 2 heterocycles. The summed E-state index contributed by atoms with van der Waals surface area (Å²) in [5, 5.41) is 11.3. The number of rotatable bonds is 4. The Morgan fingerprint density at radius 1 is 1.22 bits per heavy atom. The maximum absolute atomic E-state index is 5.99. The van der Waals surface area contributed by atoms with Crippen molar-refractivity contribution in [3.05, 3.63) is 44.3 Å². The van der Waals surface area contributed by atoms with Crippen molar-refractivity contribution in [1.82, 2.24) is 20.6 Å². The molecule has 8 heteroatoms. The third-order valence-corrected chi connectivity index (χ3v) is 5.34. The number of nitrogens with zero attached hydrogens (tertiary/aromatic N) is 3. The van der Waals surface area contributed by atoms with Crippen LogP contribution in [0.15, 0.2) is 28.6 Å². The molecule has 3 aromatic rings. The summed E-state index contributed by atoms with van der Waals surface area (Å²) in [6.07, 6.45) is 0. The van der Waals surface area contributed by atoms with Crippen LogP contribution in [0, 0.1) is 6.92 Å². The lowest BCUT2D eigenvalue weighted by Crippen LogP contribution is -2.36. The van der Waals surface area contributed by atoms with Gasteiger partial charge in [0.1, 0.15) is 10.0 Å². The van der Waals surface area contributed by atoms with Gasteiger partial charge in [-0.05, 0) is 25.1 Å². The van der Waals surface area contributed by atoms with Crippen molar-refractivity contribution in [3.8, 4) is 0 Å². The molecule has 0 fully saturated rings. The molecule has 3 rings (SSSR count). The summed E-state index contributed by atoms with van der Waals surface area (Å²) in [5.41, 5.74) is 1.98. The van der Waals surface area contributed by atoms with E-state index in [9.17, 15) is 0 Å². The first-order valence-electron chi connectivity index (χ1n) is 7.04. The predicted molar refractivity (Wildman–Crippen MR) is 98.5 cm³/mol. The van der Waals surface area contributed by atoms with Gasteiger partial charge in [0.05, 0.1) is 23.3 Å². The molecule has 23 heavy (non-hydrogen) atoms. The molecule has 0 amide bonds. The third kappa shape index (κ3) is 4.19. The molecule has 0 saturated carbocycles. The monoisotopic (exact) mass is 365 g/mol. The summed E-state index contributed by atoms with van der Waals surface area (Å²) in [6.45, 7) is 3.27. The number of hydrogen-bond acceptors (Lipinski definition) is 5. The van der Waals surface area contributed by atoms with Gasteiger partial charge in [0.15, 0.2) is 5.96 Å². The van der Waals surface area contributed by atoms with Crippen LogP contribution in [0.3, 0.4) is 0 Å². The van der Waals surface area contributed by atoms with E-state index >= 15 is 0 Å². The Labute approximate surface area is 147 Å². The van der Waals surface area contributed by atoms with Gasteiger partial charge < -0.3 is 10.6 Å². The molecule has 120 valence electrons. The van der Waals surface area contributed by atoms with Gasteiger partial charge in [-0.1, -0.05) is 11.6 Å². The highest BCUT2D eigenvalue weighted by Crippen LogP contribution is 2.24. The molecule has 0 unspecified atom stereocenters. The Hall–Kier alpha value is -1.70. The Morgan fingerprint density at radius 3 is 2.70 bits per heavy atom. The molecule has 0 saturated heterocycles. The zero-order valence-electron chi connectivity index (χ0n) is 12.8. The molecule has 2 N–H and O–H groups in total. The van der Waals surface area contributed by atoms with Gasteiger partial charge >= 0.3 is 0 Å². The van der Waals surface area contributed by atoms with Crippen LogP contribution in [0.2, 0.25) is 5.02 Å². The van der Waals surface area contributed by atoms with Crippen molar-refractivity contribution >= 4 is 50.5 Å². The quantitative estimate of drug-likeness (QED) is 0.548. The van der Waals surface area contributed by atoms with E-state index in [1.165, 1.54) is 0 Å². The zero-order chi connectivity index (χ0) is 16.2. The van der Waals surface area contributed by atoms with Crippen molar-refractivity contribution in [2.75, 3.05) is 7.05 Å². The summed E-state index contributed by atoms with van der Waals surface area (Å²) >= 11 is 9.29. The van der Waals surface area contributed by atoms with Gasteiger partial charge in [0.2, 0.25) is 0 Å². The first-order valence-corrected chi connectivity index (χ1v) is 9.12. The maximum atomic E-state index is 5.99. The molecule has 5 nitrogen and oxygen atoms in total. The number of fused-ring (bicyclic) bond motifs is 1. The fourth-order valence-electron chi connectivity index (χ4n) is 2.05. The van der Waals surface area contributed by atoms with E-state index in [0.29, 0.717) is 18.1 Å². The number of aliphatic imine (C=N–C) groups is 1. The fraction of sp³-hybridized carbons (Fsp3) is 0.267. The average molecular weight is 366 g/mol. The molecule has 2 aromatic heterocycles. The standard InChI is InChI=1S/C15H16ClN5S2/c1-9-8-22-13(20-9)6-18-15(17-2)19-7-14-21-11-5-10(16)3-4-12(11)23-14/h3-5,8H,6-7H2,1-2H3,(H2,17,18,19). The van der Waals surface area contributed by atoms with Gasteiger partial charge in [-0.3, -0.25) is 4.99 Å². The topological polar surface area (TPSA) is 62.2 Å². The summed E-state index contributed by atoms with van der Waals surface area (Å²) in [4.78, 5) is 13.2. The Morgan fingerprint density at radius 2 is 2.00 bits per heavy atom. The number of aromatic nitrogens is 2. The highest BCUT2D eigenvalue weighted by atomic mass is 35.5. The number of guanidine groups is 1. The summed E-state index contributed by atoms with van der Waals surface area (Å²) in [7, 11) is 1.75. The second-order valence-corrected chi connectivity index (χ2v) is 7.38. The average Bonchev–Trinajstić information content (AvgIpc) is 3.12. The summed E-state index contributed by atoms with van der Waals surface area (Å²) in [6, 6.07) is 5.77. The van der Waals surface area contributed by atoms with E-state index in [0.717, 1.165) is 31.9 Å². The van der Waals surface area contributed by atoms with Crippen LogP contribution in [0.4, 0.5) is 0 Å². The van der Waals surface area contributed by atoms with E-state index in [-0.39, 0.29) is 0 Å². The predicted octanol–water partition coefficient (Wildman–Crippen LogP) is 3.58. The second kappa shape index (κ2) is 7.25. The maximum Gasteiger partial charge on any atom is 0.191 e. The normalized spacial score (nSPS) is 11.9. The molecule has 0 radical (unpaired) electrons. The van der Waals surface area contributed by atoms with Gasteiger partial charge in [0.25, 0.3) is 0 Å². The Kier molecular flexibility index (Phi) is 5.09. The van der Waals surface area contributed by atoms with E-state index < -0.39 is 0 Å². The largest absolute Gasteiger partial charge is 0.350 e. The third-order valence-electron chi connectivity index (χ3n) is 3.10. The number of aryl methyl sites for hydroxylation is 1. The molecule has 0 aliphatic heterocycles. The SMILES string of the molecule is CN=C(NCc1nc(C)cs1)NCc1nc2cc(Cl)ccc2s1. The van der Waals surface area contributed by atoms with Gasteiger partial charge in [0, 0.05) is 23.1 Å². The lowest BCUT2D eigenvalue weighted by molar-refractivity contribution is 0.801. The Bertz CT molecular complexity index is 839. The van der Waals surface area contributed by atoms with Crippen molar-refractivity contribution in [3.63, 3.8) is 0 Å². The molecule has 0 aliphatic rings. The summed E-state index contributed by atoms with van der Waals surface area (Å²) < 4.78 is 1.13. The number of nitrogens with one attached hydrogen (secondary N) is 2. The van der Waals surface area contributed by atoms with Crippen molar-refractivity contribution < 1.29 is 0 Å². The minimum Gasteiger partial charge on any atom is -0.350 e. The van der Waals surface area contributed by atoms with Crippen LogP contribution in [0.25, 0.3) is 10.2 Å². The van der Waals surface area contributed by atoms with Gasteiger partial charge in [-0.15, -0.1) is 22.7 Å². The minimum absolute atomic E-state index is 0.619. The number of benzene rings is 1. The van der Waals surface area contributed by atoms with Crippen LogP contribution in [-0.2, 0) is 13.1 Å². The number of thiazole rings is 2. The molecule has 0 bridgehead atoms. The van der Waals surface area contributed by atoms with E-state index in [1.54, 1.807) is 29.7 Å². The van der Waals surface area contributed by atoms with Gasteiger partial charge in [-0.25, -0.2) is 9.97 Å². The zero-order valence-corrected chi connectivity index (χ0v) is 15.1. The van der Waals surface area contributed by atoms with Crippen molar-refractivity contribution in [1.29, 1.82) is 0 Å². The second-order valence-electron chi connectivity index (χ2n) is 4.88. The van der Waals surface area contributed by atoms with Crippen LogP contribution in [0.1, 0.15) is 15.7 Å². The molecule has 0 spiro atoms. The molecule has 0 atom stereocenters. The van der Waals surface area contributed by atoms with Crippen LogP contribution >= 0.6 is 34.3 Å². The van der Waals surface area contributed by atoms with E-state index in [4.69, 9.17) is 11.6 Å². The molecule has 0 aliphatic carbocycles. The minimum atomic E-state index is 0.619. The van der Waals surface area contributed by atoms with Crippen LogP contribution in [-0.4, -0.2) is 23.0 Å². The first-order chi connectivity index (χ1) is 11.1. The van der Waals surface area contributed by atoms with Crippen LogP contribution < -0.4 is 10.6 Å². The van der Waals surface area contributed by atoms with Gasteiger partial charge in [-0.2, -0.15) is 0 Å². The molecule has 1 aromatic carbocycles. The molecular weight excluding hydrogens is 350 g/mol. The lowest BCUT2D eigenvalue weighted by atomic mass is 10.3. The van der Waals surface area contributed by atoms with Crippen molar-refractivity contribution in [2.24, 2.45) is 4.99 Å². The number of hydrogen-bond donors (Lipinski definition) is 2. The molecular formula is C15H16ClN5S2. The smallest absolute Gasteiger partial charge is 0.191 e.